The number of benzene rings is 2. The zero-order valence-corrected chi connectivity index (χ0v) is 13.2. The molecule has 3 nitrogen and oxygen atoms in total. The molecule has 0 radical (unpaired) electrons. The first-order valence-corrected chi connectivity index (χ1v) is 7.42. The number of nitrogens with one attached hydrogen (secondary N) is 1. The number of hydrogen-bond donors (Lipinski definition) is 1. The fourth-order valence-corrected chi connectivity index (χ4v) is 2.31. The van der Waals surface area contributed by atoms with Gasteiger partial charge in [-0.15, -0.1) is 0 Å². The van der Waals surface area contributed by atoms with Crippen molar-refractivity contribution >= 4 is 21.8 Å². The third kappa shape index (κ3) is 5.44. The van der Waals surface area contributed by atoms with Gasteiger partial charge in [0.25, 0.3) is 0 Å². The van der Waals surface area contributed by atoms with E-state index >= 15 is 0 Å². The molecule has 0 unspecified atom stereocenters. The van der Waals surface area contributed by atoms with Crippen LogP contribution in [0.4, 0.5) is 8.78 Å². The lowest BCUT2D eigenvalue weighted by Gasteiger charge is -2.08. The first-order chi connectivity index (χ1) is 10.5. The van der Waals surface area contributed by atoms with Crippen LogP contribution < -0.4 is 10.1 Å². The Morgan fingerprint density at radius 2 is 1.82 bits per heavy atom. The van der Waals surface area contributed by atoms with Crippen LogP contribution in [0.3, 0.4) is 0 Å². The summed E-state index contributed by atoms with van der Waals surface area (Å²) >= 11 is 3.19. The topological polar surface area (TPSA) is 38.3 Å². The quantitative estimate of drug-likeness (QED) is 0.840. The summed E-state index contributed by atoms with van der Waals surface area (Å²) in [6.07, 6.45) is 0.161. The van der Waals surface area contributed by atoms with E-state index in [4.69, 9.17) is 4.74 Å². The highest BCUT2D eigenvalue weighted by molar-refractivity contribution is 9.10. The van der Waals surface area contributed by atoms with Crippen LogP contribution >= 0.6 is 15.9 Å². The van der Waals surface area contributed by atoms with E-state index in [9.17, 15) is 13.6 Å². The second-order valence-corrected chi connectivity index (χ2v) is 5.52. The van der Waals surface area contributed by atoms with Crippen LogP contribution in [0.1, 0.15) is 12.0 Å². The lowest BCUT2D eigenvalue weighted by molar-refractivity contribution is -0.121. The second-order valence-electron chi connectivity index (χ2n) is 4.61. The third-order valence-corrected chi connectivity index (χ3v) is 3.28. The van der Waals surface area contributed by atoms with E-state index in [2.05, 4.69) is 21.2 Å². The van der Waals surface area contributed by atoms with Crippen molar-refractivity contribution in [2.45, 2.75) is 13.0 Å². The molecule has 0 heterocycles. The van der Waals surface area contributed by atoms with Crippen LogP contribution in [0, 0.1) is 11.6 Å². The Balaban J connectivity index is 1.72. The molecule has 0 atom stereocenters. The molecule has 0 spiro atoms. The van der Waals surface area contributed by atoms with Gasteiger partial charge in [-0.05, 0) is 48.0 Å². The van der Waals surface area contributed by atoms with E-state index in [0.717, 1.165) is 0 Å². The predicted octanol–water partition coefficient (Wildman–Crippen LogP) is 3.81. The second kappa shape index (κ2) is 7.89. The van der Waals surface area contributed by atoms with Crippen molar-refractivity contribution in [1.29, 1.82) is 0 Å². The van der Waals surface area contributed by atoms with E-state index in [1.807, 2.05) is 0 Å². The Morgan fingerprint density at radius 1 is 1.09 bits per heavy atom. The molecule has 116 valence electrons. The number of rotatable bonds is 6. The van der Waals surface area contributed by atoms with Crippen LogP contribution in [0.2, 0.25) is 0 Å². The number of carbonyl (C=O) groups is 1. The van der Waals surface area contributed by atoms with Gasteiger partial charge in [0.1, 0.15) is 17.4 Å². The molecular weight excluding hydrogens is 356 g/mol. The maximum atomic E-state index is 13.2. The third-order valence-electron chi connectivity index (χ3n) is 2.82. The van der Waals surface area contributed by atoms with Gasteiger partial charge in [-0.3, -0.25) is 4.79 Å². The largest absolute Gasteiger partial charge is 0.493 e. The van der Waals surface area contributed by atoms with E-state index in [0.29, 0.717) is 15.8 Å². The van der Waals surface area contributed by atoms with Gasteiger partial charge in [-0.25, -0.2) is 8.78 Å². The van der Waals surface area contributed by atoms with Crippen molar-refractivity contribution in [1.82, 2.24) is 5.32 Å². The van der Waals surface area contributed by atoms with Crippen molar-refractivity contribution < 1.29 is 18.3 Å². The van der Waals surface area contributed by atoms with Gasteiger partial charge in [0.15, 0.2) is 0 Å². The molecule has 0 aromatic heterocycles. The van der Waals surface area contributed by atoms with Crippen molar-refractivity contribution in [2.75, 3.05) is 6.61 Å². The van der Waals surface area contributed by atoms with Gasteiger partial charge >= 0.3 is 0 Å². The van der Waals surface area contributed by atoms with E-state index in [-0.39, 0.29) is 37.1 Å². The van der Waals surface area contributed by atoms with Crippen molar-refractivity contribution in [2.24, 2.45) is 0 Å². The molecule has 2 aromatic carbocycles. The lowest BCUT2D eigenvalue weighted by atomic mass is 10.2. The van der Waals surface area contributed by atoms with Gasteiger partial charge in [-0.1, -0.05) is 15.9 Å². The molecule has 0 aliphatic heterocycles. The molecule has 6 heteroatoms. The minimum Gasteiger partial charge on any atom is -0.493 e. The molecule has 2 rings (SSSR count). The summed E-state index contributed by atoms with van der Waals surface area (Å²) in [6, 6.07) is 10.0. The van der Waals surface area contributed by atoms with Crippen LogP contribution in [0.5, 0.6) is 5.75 Å². The molecular formula is C16H14BrF2NO2. The Labute approximate surface area is 135 Å². The van der Waals surface area contributed by atoms with Gasteiger partial charge in [0.05, 0.1) is 13.0 Å². The zero-order chi connectivity index (χ0) is 15.9. The van der Waals surface area contributed by atoms with Crippen LogP contribution in [0.25, 0.3) is 0 Å². The van der Waals surface area contributed by atoms with E-state index < -0.39 is 0 Å². The summed E-state index contributed by atoms with van der Waals surface area (Å²) in [6.45, 7) is 0.427. The van der Waals surface area contributed by atoms with E-state index in [1.165, 1.54) is 36.4 Å². The SMILES string of the molecule is O=C(CCOc1ccc(F)cc1)NCc1cc(F)cc(Br)c1. The van der Waals surface area contributed by atoms with Crippen LogP contribution in [-0.2, 0) is 11.3 Å². The van der Waals surface area contributed by atoms with Crippen molar-refractivity contribution in [3.63, 3.8) is 0 Å². The van der Waals surface area contributed by atoms with Gasteiger partial charge in [-0.2, -0.15) is 0 Å². The summed E-state index contributed by atoms with van der Waals surface area (Å²) in [5, 5.41) is 2.68. The molecule has 22 heavy (non-hydrogen) atoms. The molecule has 0 fully saturated rings. The fraction of sp³-hybridized carbons (Fsp3) is 0.188. The predicted molar refractivity (Wildman–Crippen MR) is 82.5 cm³/mol. The van der Waals surface area contributed by atoms with Gasteiger partial charge < -0.3 is 10.1 Å². The Kier molecular flexibility index (Phi) is 5.89. The smallest absolute Gasteiger partial charge is 0.223 e. The zero-order valence-electron chi connectivity index (χ0n) is 11.6. The molecule has 0 aliphatic carbocycles. The summed E-state index contributed by atoms with van der Waals surface area (Å²) < 4.78 is 31.8. The minimum absolute atomic E-state index is 0.161. The standard InChI is InChI=1S/C16H14BrF2NO2/c17-12-7-11(8-14(19)9-12)10-20-16(21)5-6-22-15-3-1-13(18)2-4-15/h1-4,7-9H,5-6,10H2,(H,20,21). The lowest BCUT2D eigenvalue weighted by Crippen LogP contribution is -2.24. The Hall–Kier alpha value is -1.95. The summed E-state index contributed by atoms with van der Waals surface area (Å²) in [4.78, 5) is 11.7. The average Bonchev–Trinajstić information content (AvgIpc) is 2.46. The van der Waals surface area contributed by atoms with E-state index in [1.54, 1.807) is 6.07 Å². The van der Waals surface area contributed by atoms with Gasteiger partial charge in [0.2, 0.25) is 5.91 Å². The fourth-order valence-electron chi connectivity index (χ4n) is 1.79. The summed E-state index contributed by atoms with van der Waals surface area (Å²) in [5.41, 5.74) is 0.666. The molecule has 0 aliphatic rings. The van der Waals surface area contributed by atoms with Gasteiger partial charge in [0, 0.05) is 11.0 Å². The maximum Gasteiger partial charge on any atom is 0.223 e. The number of halogens is 3. The molecule has 0 saturated carbocycles. The molecule has 1 amide bonds. The highest BCUT2D eigenvalue weighted by Gasteiger charge is 2.04. The number of carbonyl (C=O) groups excluding carboxylic acids is 1. The molecule has 1 N–H and O–H groups in total. The summed E-state index contributed by atoms with van der Waals surface area (Å²) in [5.74, 6) is -0.407. The monoisotopic (exact) mass is 369 g/mol. The van der Waals surface area contributed by atoms with Crippen LogP contribution in [0.15, 0.2) is 46.9 Å². The highest BCUT2D eigenvalue weighted by Crippen LogP contribution is 2.15. The number of ether oxygens (including phenoxy) is 1. The highest BCUT2D eigenvalue weighted by atomic mass is 79.9. The minimum atomic E-state index is -0.363. The Bertz CT molecular complexity index is 627. The Morgan fingerprint density at radius 3 is 2.50 bits per heavy atom. The first kappa shape index (κ1) is 16.4. The summed E-state index contributed by atoms with van der Waals surface area (Å²) in [7, 11) is 0. The normalized spacial score (nSPS) is 10.3. The maximum absolute atomic E-state index is 13.2. The first-order valence-electron chi connectivity index (χ1n) is 6.63. The molecule has 0 bridgehead atoms. The van der Waals surface area contributed by atoms with Crippen LogP contribution in [-0.4, -0.2) is 12.5 Å². The van der Waals surface area contributed by atoms with Crippen molar-refractivity contribution in [3.8, 4) is 5.75 Å². The number of hydrogen-bond acceptors (Lipinski definition) is 2. The number of amides is 1. The molecule has 0 saturated heterocycles. The van der Waals surface area contributed by atoms with Crippen molar-refractivity contribution in [3.05, 3.63) is 64.1 Å². The molecule has 2 aromatic rings. The average molecular weight is 370 g/mol.